The number of hydrogen-bond donors (Lipinski definition) is 1. The second kappa shape index (κ2) is 2.60. The quantitative estimate of drug-likeness (QED) is 0.705. The van der Waals surface area contributed by atoms with Crippen molar-refractivity contribution in [2.45, 2.75) is 6.18 Å². The smallest absolute Gasteiger partial charge is 0.435 e. The number of hydrogen-bond acceptors (Lipinski definition) is 3. The molecule has 2 rings (SSSR count). The lowest BCUT2D eigenvalue weighted by atomic mass is 10.4. The van der Waals surface area contributed by atoms with Crippen LogP contribution in [-0.2, 0) is 6.18 Å². The number of aromatic hydroxyl groups is 1. The molecular formula is C7H4F3N3O. The van der Waals surface area contributed by atoms with Crippen molar-refractivity contribution in [3.8, 4) is 5.88 Å². The summed E-state index contributed by atoms with van der Waals surface area (Å²) in [6.07, 6.45) is -2.13. The molecular weight excluding hydrogens is 199 g/mol. The number of halogens is 3. The van der Waals surface area contributed by atoms with Gasteiger partial charge in [0.25, 0.3) is 0 Å². The Morgan fingerprint density at radius 2 is 2.07 bits per heavy atom. The van der Waals surface area contributed by atoms with E-state index >= 15 is 0 Å². The van der Waals surface area contributed by atoms with E-state index in [2.05, 4.69) is 10.1 Å². The zero-order valence-electron chi connectivity index (χ0n) is 6.65. The molecule has 0 spiro atoms. The Balaban J connectivity index is 2.69. The summed E-state index contributed by atoms with van der Waals surface area (Å²) in [6, 6.07) is 0.738. The van der Waals surface area contributed by atoms with E-state index in [1.807, 2.05) is 0 Å². The van der Waals surface area contributed by atoms with E-state index in [1.54, 1.807) is 0 Å². The van der Waals surface area contributed by atoms with Gasteiger partial charge in [-0.25, -0.2) is 9.50 Å². The molecule has 2 aromatic rings. The molecule has 0 aliphatic rings. The molecule has 7 heteroatoms. The van der Waals surface area contributed by atoms with Gasteiger partial charge in [0.1, 0.15) is 5.52 Å². The zero-order chi connectivity index (χ0) is 10.3. The predicted molar refractivity (Wildman–Crippen MR) is 39.7 cm³/mol. The van der Waals surface area contributed by atoms with Crippen LogP contribution in [0.25, 0.3) is 5.52 Å². The maximum absolute atomic E-state index is 12.2. The lowest BCUT2D eigenvalue weighted by Crippen LogP contribution is -2.05. The maximum Gasteiger partial charge on any atom is 0.435 e. The first-order valence-corrected chi connectivity index (χ1v) is 3.59. The summed E-state index contributed by atoms with van der Waals surface area (Å²) in [5, 5.41) is 12.3. The number of rotatable bonds is 0. The number of alkyl halides is 3. The van der Waals surface area contributed by atoms with Crippen LogP contribution in [0.5, 0.6) is 5.88 Å². The van der Waals surface area contributed by atoms with Crippen LogP contribution in [0.1, 0.15) is 5.69 Å². The van der Waals surface area contributed by atoms with E-state index in [0.717, 1.165) is 16.8 Å². The van der Waals surface area contributed by atoms with Crippen LogP contribution in [0.4, 0.5) is 13.2 Å². The Hall–Kier alpha value is -1.79. The number of nitrogens with zero attached hydrogens (tertiary/aromatic N) is 3. The van der Waals surface area contributed by atoms with Crippen molar-refractivity contribution < 1.29 is 18.3 Å². The van der Waals surface area contributed by atoms with Crippen LogP contribution < -0.4 is 0 Å². The fourth-order valence-corrected chi connectivity index (χ4v) is 1.05. The van der Waals surface area contributed by atoms with Crippen molar-refractivity contribution in [3.63, 3.8) is 0 Å². The molecule has 4 nitrogen and oxygen atoms in total. The molecule has 2 aromatic heterocycles. The first kappa shape index (κ1) is 8.79. The van der Waals surface area contributed by atoms with Crippen molar-refractivity contribution in [2.75, 3.05) is 0 Å². The van der Waals surface area contributed by atoms with Crippen LogP contribution in [-0.4, -0.2) is 19.7 Å². The molecule has 0 saturated heterocycles. The maximum atomic E-state index is 12.2. The van der Waals surface area contributed by atoms with Gasteiger partial charge in [0.05, 0.1) is 0 Å². The third kappa shape index (κ3) is 1.26. The lowest BCUT2D eigenvalue weighted by molar-refractivity contribution is -0.141. The number of fused-ring (bicyclic) bond motifs is 1. The largest absolute Gasteiger partial charge is 0.492 e. The van der Waals surface area contributed by atoms with Crippen molar-refractivity contribution in [1.82, 2.24) is 14.6 Å². The Kier molecular flexibility index (Phi) is 1.63. The molecule has 0 aliphatic carbocycles. The van der Waals surface area contributed by atoms with Gasteiger partial charge in [0.2, 0.25) is 5.88 Å². The second-order valence-electron chi connectivity index (χ2n) is 2.61. The average molecular weight is 203 g/mol. The molecule has 0 aliphatic heterocycles. The second-order valence-corrected chi connectivity index (χ2v) is 2.61. The van der Waals surface area contributed by atoms with Crippen molar-refractivity contribution in [3.05, 3.63) is 24.2 Å². The Labute approximate surface area is 75.6 Å². The van der Waals surface area contributed by atoms with Gasteiger partial charge in [0.15, 0.2) is 5.69 Å². The van der Waals surface area contributed by atoms with E-state index in [1.165, 1.54) is 6.20 Å². The lowest BCUT2D eigenvalue weighted by Gasteiger charge is -1.98. The number of aromatic nitrogens is 3. The van der Waals surface area contributed by atoms with E-state index in [4.69, 9.17) is 5.11 Å². The third-order valence-corrected chi connectivity index (χ3v) is 1.66. The van der Waals surface area contributed by atoms with Gasteiger partial charge < -0.3 is 5.11 Å². The highest BCUT2D eigenvalue weighted by Gasteiger charge is 2.34. The third-order valence-electron chi connectivity index (χ3n) is 1.66. The summed E-state index contributed by atoms with van der Waals surface area (Å²) in [7, 11) is 0. The standard InChI is InChI=1S/C7H4F3N3O/c8-7(9,10)5-3-4-6(14)11-1-2-13(4)12-5/h1-3H,(H,11,14). The molecule has 1 N–H and O–H groups in total. The Morgan fingerprint density at radius 1 is 1.36 bits per heavy atom. The van der Waals surface area contributed by atoms with Crippen LogP contribution in [0, 0.1) is 0 Å². The topological polar surface area (TPSA) is 50.4 Å². The van der Waals surface area contributed by atoms with E-state index < -0.39 is 17.8 Å². The average Bonchev–Trinajstić information content (AvgIpc) is 2.48. The molecule has 14 heavy (non-hydrogen) atoms. The van der Waals surface area contributed by atoms with Gasteiger partial charge >= 0.3 is 6.18 Å². The minimum absolute atomic E-state index is 0.0696. The summed E-state index contributed by atoms with van der Waals surface area (Å²) in [6.45, 7) is 0. The highest BCUT2D eigenvalue weighted by molar-refractivity contribution is 5.55. The fourth-order valence-electron chi connectivity index (χ4n) is 1.05. The van der Waals surface area contributed by atoms with Gasteiger partial charge in [-0.05, 0) is 0 Å². The van der Waals surface area contributed by atoms with Gasteiger partial charge in [0, 0.05) is 18.5 Å². The first-order valence-electron chi connectivity index (χ1n) is 3.59. The minimum Gasteiger partial charge on any atom is -0.492 e. The zero-order valence-corrected chi connectivity index (χ0v) is 6.65. The SMILES string of the molecule is Oc1nccn2nc(C(F)(F)F)cc12. The van der Waals surface area contributed by atoms with Crippen LogP contribution >= 0.6 is 0 Å². The van der Waals surface area contributed by atoms with Crippen molar-refractivity contribution in [2.24, 2.45) is 0 Å². The Bertz CT molecular complexity index is 476. The molecule has 0 fully saturated rings. The van der Waals surface area contributed by atoms with Crippen molar-refractivity contribution >= 4 is 5.52 Å². The molecule has 0 unspecified atom stereocenters. The summed E-state index contributed by atoms with van der Waals surface area (Å²) < 4.78 is 37.5. The fraction of sp³-hybridized carbons (Fsp3) is 0.143. The van der Waals surface area contributed by atoms with Crippen LogP contribution in [0.3, 0.4) is 0 Å². The molecule has 0 amide bonds. The monoisotopic (exact) mass is 203 g/mol. The minimum atomic E-state index is -4.52. The van der Waals surface area contributed by atoms with Crippen LogP contribution in [0.15, 0.2) is 18.5 Å². The van der Waals surface area contributed by atoms with E-state index in [0.29, 0.717) is 0 Å². The van der Waals surface area contributed by atoms with E-state index in [-0.39, 0.29) is 5.52 Å². The summed E-state index contributed by atoms with van der Waals surface area (Å²) >= 11 is 0. The summed E-state index contributed by atoms with van der Waals surface area (Å²) in [5.74, 6) is -0.476. The molecule has 0 aromatic carbocycles. The highest BCUT2D eigenvalue weighted by atomic mass is 19.4. The highest BCUT2D eigenvalue weighted by Crippen LogP contribution is 2.29. The van der Waals surface area contributed by atoms with Gasteiger partial charge in [-0.2, -0.15) is 18.3 Å². The molecule has 2 heterocycles. The van der Waals surface area contributed by atoms with E-state index in [9.17, 15) is 13.2 Å². The molecule has 0 atom stereocenters. The molecule has 0 radical (unpaired) electrons. The summed E-state index contributed by atoms with van der Waals surface area (Å²) in [5.41, 5.74) is -1.12. The van der Waals surface area contributed by atoms with Crippen molar-refractivity contribution in [1.29, 1.82) is 0 Å². The van der Waals surface area contributed by atoms with Crippen LogP contribution in [0.2, 0.25) is 0 Å². The molecule has 0 bridgehead atoms. The predicted octanol–water partition coefficient (Wildman–Crippen LogP) is 1.45. The first-order chi connectivity index (χ1) is 6.48. The van der Waals surface area contributed by atoms with Gasteiger partial charge in [-0.3, -0.25) is 0 Å². The van der Waals surface area contributed by atoms with Gasteiger partial charge in [-0.15, -0.1) is 0 Å². The normalized spacial score (nSPS) is 12.2. The summed E-state index contributed by atoms with van der Waals surface area (Å²) in [4.78, 5) is 3.43. The molecule has 0 saturated carbocycles. The van der Waals surface area contributed by atoms with Gasteiger partial charge in [-0.1, -0.05) is 0 Å². The molecule has 74 valence electrons. The Morgan fingerprint density at radius 3 is 2.64 bits per heavy atom.